The Kier molecular flexibility index (Phi) is 4.41. The molecular formula is C17H9N3O8. The predicted octanol–water partition coefficient (Wildman–Crippen LogP) is 3.93. The van der Waals surface area contributed by atoms with Crippen LogP contribution in [0.5, 0.6) is 0 Å². The van der Waals surface area contributed by atoms with E-state index in [4.69, 9.17) is 0 Å². The van der Waals surface area contributed by atoms with Crippen molar-refractivity contribution in [1.82, 2.24) is 0 Å². The van der Waals surface area contributed by atoms with Gasteiger partial charge < -0.3 is 5.11 Å². The standard InChI is InChI=1S/C17H9N3O8/c21-17(22)13-7-9(18(23)24)8-15(20(27)28)16(13)12-5-6-14(19(25)26)11-4-2-1-3-10(11)12/h1-8H,(H,21,22). The van der Waals surface area contributed by atoms with E-state index in [2.05, 4.69) is 0 Å². The molecule has 0 aliphatic rings. The molecule has 0 saturated heterocycles. The minimum atomic E-state index is -1.61. The molecule has 0 aromatic heterocycles. The van der Waals surface area contributed by atoms with E-state index in [1.165, 1.54) is 30.3 Å². The summed E-state index contributed by atoms with van der Waals surface area (Å²) in [6.45, 7) is 0. The third kappa shape index (κ3) is 2.96. The van der Waals surface area contributed by atoms with E-state index in [1.807, 2.05) is 0 Å². The summed E-state index contributed by atoms with van der Waals surface area (Å²) in [4.78, 5) is 43.1. The molecule has 3 rings (SSSR count). The first kappa shape index (κ1) is 18.4. The zero-order valence-corrected chi connectivity index (χ0v) is 13.8. The normalized spacial score (nSPS) is 10.6. The lowest BCUT2D eigenvalue weighted by molar-refractivity contribution is -0.393. The van der Waals surface area contributed by atoms with Gasteiger partial charge in [-0.3, -0.25) is 30.3 Å². The summed E-state index contributed by atoms with van der Waals surface area (Å²) >= 11 is 0. The van der Waals surface area contributed by atoms with E-state index < -0.39 is 37.7 Å². The van der Waals surface area contributed by atoms with E-state index in [1.54, 1.807) is 0 Å². The molecule has 11 heteroatoms. The molecule has 0 atom stereocenters. The van der Waals surface area contributed by atoms with Gasteiger partial charge in [-0.15, -0.1) is 0 Å². The Hall–Kier alpha value is -4.41. The maximum absolute atomic E-state index is 11.7. The van der Waals surface area contributed by atoms with Crippen LogP contribution in [-0.4, -0.2) is 25.8 Å². The smallest absolute Gasteiger partial charge is 0.336 e. The van der Waals surface area contributed by atoms with Gasteiger partial charge in [-0.05, 0) is 23.1 Å². The van der Waals surface area contributed by atoms with Crippen LogP contribution in [0.2, 0.25) is 0 Å². The monoisotopic (exact) mass is 383 g/mol. The minimum absolute atomic E-state index is 0.0418. The molecule has 28 heavy (non-hydrogen) atoms. The van der Waals surface area contributed by atoms with Crippen molar-refractivity contribution in [2.24, 2.45) is 0 Å². The van der Waals surface area contributed by atoms with Gasteiger partial charge in [-0.25, -0.2) is 4.79 Å². The van der Waals surface area contributed by atoms with Gasteiger partial charge in [0, 0.05) is 12.1 Å². The summed E-state index contributed by atoms with van der Waals surface area (Å²) in [5, 5.41) is 43.7. The van der Waals surface area contributed by atoms with Crippen molar-refractivity contribution in [3.8, 4) is 11.1 Å². The number of benzene rings is 3. The lowest BCUT2D eigenvalue weighted by atomic mass is 9.92. The summed E-state index contributed by atoms with van der Waals surface area (Å²) in [5.74, 6) is -1.61. The van der Waals surface area contributed by atoms with Gasteiger partial charge in [0.25, 0.3) is 17.1 Å². The number of non-ortho nitro benzene ring substituents is 2. The molecule has 0 aliphatic carbocycles. The summed E-state index contributed by atoms with van der Waals surface area (Å²) in [6, 6.07) is 9.63. The average Bonchev–Trinajstić information content (AvgIpc) is 2.65. The first-order valence-corrected chi connectivity index (χ1v) is 7.59. The number of carboxylic acids is 1. The fourth-order valence-electron chi connectivity index (χ4n) is 2.97. The van der Waals surface area contributed by atoms with E-state index in [0.717, 1.165) is 12.1 Å². The fourth-order valence-corrected chi connectivity index (χ4v) is 2.97. The number of nitro groups is 3. The van der Waals surface area contributed by atoms with Gasteiger partial charge in [0.15, 0.2) is 0 Å². The molecule has 0 amide bonds. The number of hydrogen-bond donors (Lipinski definition) is 1. The van der Waals surface area contributed by atoms with Crippen molar-refractivity contribution in [3.63, 3.8) is 0 Å². The number of nitro benzene ring substituents is 3. The summed E-state index contributed by atoms with van der Waals surface area (Å²) in [7, 11) is 0. The number of nitrogens with zero attached hydrogens (tertiary/aromatic N) is 3. The fraction of sp³-hybridized carbons (Fsp3) is 0. The van der Waals surface area contributed by atoms with Gasteiger partial charge in [0.2, 0.25) is 0 Å². The molecule has 0 fully saturated rings. The van der Waals surface area contributed by atoms with Crippen LogP contribution >= 0.6 is 0 Å². The molecule has 11 nitrogen and oxygen atoms in total. The molecule has 0 heterocycles. The largest absolute Gasteiger partial charge is 0.478 e. The number of rotatable bonds is 5. The van der Waals surface area contributed by atoms with E-state index in [-0.39, 0.29) is 27.6 Å². The zero-order chi connectivity index (χ0) is 20.6. The summed E-state index contributed by atoms with van der Waals surface area (Å²) < 4.78 is 0. The van der Waals surface area contributed by atoms with Crippen molar-refractivity contribution < 1.29 is 24.7 Å². The van der Waals surface area contributed by atoms with Crippen molar-refractivity contribution >= 4 is 33.8 Å². The molecule has 0 radical (unpaired) electrons. The number of carboxylic acid groups (broad SMARTS) is 1. The molecule has 3 aromatic carbocycles. The Morgan fingerprint density at radius 1 is 0.786 bits per heavy atom. The van der Waals surface area contributed by atoms with E-state index in [0.29, 0.717) is 6.07 Å². The Bertz CT molecular complexity index is 1150. The molecule has 0 unspecified atom stereocenters. The maximum Gasteiger partial charge on any atom is 0.336 e. The zero-order valence-electron chi connectivity index (χ0n) is 13.8. The molecule has 0 spiro atoms. The van der Waals surface area contributed by atoms with Gasteiger partial charge in [0.05, 0.1) is 37.3 Å². The van der Waals surface area contributed by atoms with Crippen molar-refractivity contribution in [3.05, 3.63) is 84.4 Å². The third-order valence-corrected chi connectivity index (χ3v) is 4.11. The van der Waals surface area contributed by atoms with Gasteiger partial charge in [0.1, 0.15) is 0 Å². The molecule has 0 bridgehead atoms. The van der Waals surface area contributed by atoms with Crippen LogP contribution in [0.25, 0.3) is 21.9 Å². The molecule has 0 saturated carbocycles. The first-order chi connectivity index (χ1) is 13.2. The third-order valence-electron chi connectivity index (χ3n) is 4.11. The number of carbonyl (C=O) groups is 1. The van der Waals surface area contributed by atoms with E-state index in [9.17, 15) is 40.2 Å². The first-order valence-electron chi connectivity index (χ1n) is 7.59. The second-order valence-electron chi connectivity index (χ2n) is 5.64. The van der Waals surface area contributed by atoms with Crippen LogP contribution in [0.3, 0.4) is 0 Å². The van der Waals surface area contributed by atoms with Crippen LogP contribution in [0.15, 0.2) is 48.5 Å². The van der Waals surface area contributed by atoms with Crippen molar-refractivity contribution in [2.75, 3.05) is 0 Å². The van der Waals surface area contributed by atoms with Crippen LogP contribution in [0.1, 0.15) is 10.4 Å². The molecular weight excluding hydrogens is 374 g/mol. The van der Waals surface area contributed by atoms with Crippen molar-refractivity contribution in [1.29, 1.82) is 0 Å². The van der Waals surface area contributed by atoms with Crippen LogP contribution < -0.4 is 0 Å². The second kappa shape index (κ2) is 6.72. The van der Waals surface area contributed by atoms with Crippen molar-refractivity contribution in [2.45, 2.75) is 0 Å². The molecule has 0 aliphatic heterocycles. The number of hydrogen-bond acceptors (Lipinski definition) is 7. The Balaban J connectivity index is 2.50. The number of fused-ring (bicyclic) bond motifs is 1. The minimum Gasteiger partial charge on any atom is -0.478 e. The highest BCUT2D eigenvalue weighted by Gasteiger charge is 2.30. The van der Waals surface area contributed by atoms with E-state index >= 15 is 0 Å². The SMILES string of the molecule is O=C(O)c1cc([N+](=O)[O-])cc([N+](=O)[O-])c1-c1ccc([N+](=O)[O-])c2ccccc12. The highest BCUT2D eigenvalue weighted by molar-refractivity contribution is 6.08. The molecule has 1 N–H and O–H groups in total. The maximum atomic E-state index is 11.7. The summed E-state index contributed by atoms with van der Waals surface area (Å²) in [6.07, 6.45) is 0. The van der Waals surface area contributed by atoms with Gasteiger partial charge >= 0.3 is 5.97 Å². The molecule has 140 valence electrons. The topological polar surface area (TPSA) is 167 Å². The summed E-state index contributed by atoms with van der Waals surface area (Å²) in [5.41, 5.74) is -2.78. The second-order valence-corrected chi connectivity index (χ2v) is 5.64. The highest BCUT2D eigenvalue weighted by atomic mass is 16.6. The number of aromatic carboxylic acids is 1. The molecule has 3 aromatic rings. The Morgan fingerprint density at radius 2 is 1.39 bits per heavy atom. The van der Waals surface area contributed by atoms with Gasteiger partial charge in [-0.1, -0.05) is 18.2 Å². The Labute approximate surface area is 154 Å². The Morgan fingerprint density at radius 3 is 1.93 bits per heavy atom. The lowest BCUT2D eigenvalue weighted by Gasteiger charge is -2.11. The van der Waals surface area contributed by atoms with Crippen LogP contribution in [-0.2, 0) is 0 Å². The van der Waals surface area contributed by atoms with Crippen LogP contribution in [0, 0.1) is 30.3 Å². The van der Waals surface area contributed by atoms with Gasteiger partial charge in [-0.2, -0.15) is 0 Å². The quantitative estimate of drug-likeness (QED) is 0.510. The average molecular weight is 383 g/mol. The predicted molar refractivity (Wildman–Crippen MR) is 96.3 cm³/mol. The highest BCUT2D eigenvalue weighted by Crippen LogP contribution is 2.42. The lowest BCUT2D eigenvalue weighted by Crippen LogP contribution is -2.05. The van der Waals surface area contributed by atoms with Crippen LogP contribution in [0.4, 0.5) is 17.1 Å².